The lowest BCUT2D eigenvalue weighted by Gasteiger charge is -2.02. The van der Waals surface area contributed by atoms with Crippen molar-refractivity contribution in [1.82, 2.24) is 0 Å². The van der Waals surface area contributed by atoms with Crippen LogP contribution in [0.3, 0.4) is 0 Å². The SMILES string of the molecule is C#Cc1cc(Br)c2c(c1)CCO2. The van der Waals surface area contributed by atoms with Crippen molar-refractivity contribution in [3.8, 4) is 18.1 Å². The van der Waals surface area contributed by atoms with Gasteiger partial charge in [-0.2, -0.15) is 0 Å². The molecule has 60 valence electrons. The zero-order valence-corrected chi connectivity index (χ0v) is 8.02. The second-order valence-corrected chi connectivity index (χ2v) is 3.54. The first kappa shape index (κ1) is 7.70. The molecule has 0 atom stereocenters. The molecule has 0 unspecified atom stereocenters. The number of rotatable bonds is 0. The molecule has 1 aliphatic heterocycles. The van der Waals surface area contributed by atoms with Crippen LogP contribution in [-0.2, 0) is 6.42 Å². The summed E-state index contributed by atoms with van der Waals surface area (Å²) in [6.45, 7) is 0.766. The zero-order chi connectivity index (χ0) is 8.55. The Hall–Kier alpha value is -0.940. The predicted octanol–water partition coefficient (Wildman–Crippen LogP) is 2.37. The van der Waals surface area contributed by atoms with Gasteiger partial charge in [-0.25, -0.2) is 0 Å². The van der Waals surface area contributed by atoms with E-state index in [1.165, 1.54) is 5.56 Å². The first-order valence-corrected chi connectivity index (χ1v) is 4.52. The Kier molecular flexibility index (Phi) is 1.82. The van der Waals surface area contributed by atoms with E-state index in [4.69, 9.17) is 11.2 Å². The number of benzene rings is 1. The fraction of sp³-hybridized carbons (Fsp3) is 0.200. The van der Waals surface area contributed by atoms with Crippen LogP contribution in [-0.4, -0.2) is 6.61 Å². The third-order valence-corrected chi connectivity index (χ3v) is 2.49. The van der Waals surface area contributed by atoms with Crippen molar-refractivity contribution in [2.45, 2.75) is 6.42 Å². The van der Waals surface area contributed by atoms with Crippen LogP contribution in [0.15, 0.2) is 16.6 Å². The fourth-order valence-electron chi connectivity index (χ4n) is 1.34. The van der Waals surface area contributed by atoms with Crippen LogP contribution in [0.4, 0.5) is 0 Å². The smallest absolute Gasteiger partial charge is 0.136 e. The number of halogens is 1. The first-order chi connectivity index (χ1) is 5.81. The van der Waals surface area contributed by atoms with Crippen LogP contribution in [0.25, 0.3) is 0 Å². The Labute approximate surface area is 79.9 Å². The van der Waals surface area contributed by atoms with Crippen molar-refractivity contribution in [3.05, 3.63) is 27.7 Å². The first-order valence-electron chi connectivity index (χ1n) is 3.73. The van der Waals surface area contributed by atoms with E-state index in [-0.39, 0.29) is 0 Å². The molecular formula is C10H7BrO. The molecule has 1 aromatic carbocycles. The van der Waals surface area contributed by atoms with Crippen molar-refractivity contribution >= 4 is 15.9 Å². The highest BCUT2D eigenvalue weighted by atomic mass is 79.9. The highest BCUT2D eigenvalue weighted by molar-refractivity contribution is 9.10. The van der Waals surface area contributed by atoms with E-state index in [1.807, 2.05) is 12.1 Å². The van der Waals surface area contributed by atoms with Gasteiger partial charge in [0.2, 0.25) is 0 Å². The van der Waals surface area contributed by atoms with Gasteiger partial charge in [0.15, 0.2) is 0 Å². The number of terminal acetylenes is 1. The molecule has 0 bridgehead atoms. The third-order valence-electron chi connectivity index (χ3n) is 1.90. The van der Waals surface area contributed by atoms with Gasteiger partial charge < -0.3 is 4.74 Å². The van der Waals surface area contributed by atoms with Crippen molar-refractivity contribution in [2.24, 2.45) is 0 Å². The van der Waals surface area contributed by atoms with Crippen LogP contribution in [0.5, 0.6) is 5.75 Å². The molecule has 0 N–H and O–H groups in total. The Morgan fingerprint density at radius 1 is 1.50 bits per heavy atom. The minimum Gasteiger partial charge on any atom is -0.492 e. The van der Waals surface area contributed by atoms with Gasteiger partial charge in [-0.3, -0.25) is 0 Å². The van der Waals surface area contributed by atoms with Gasteiger partial charge in [0.1, 0.15) is 5.75 Å². The van der Waals surface area contributed by atoms with Crippen molar-refractivity contribution in [2.75, 3.05) is 6.61 Å². The maximum Gasteiger partial charge on any atom is 0.136 e. The Bertz CT molecular complexity index is 363. The summed E-state index contributed by atoms with van der Waals surface area (Å²) in [5, 5.41) is 0. The second-order valence-electron chi connectivity index (χ2n) is 2.69. The van der Waals surface area contributed by atoms with Gasteiger partial charge in [0.25, 0.3) is 0 Å². The summed E-state index contributed by atoms with van der Waals surface area (Å²) in [7, 11) is 0. The molecule has 2 rings (SSSR count). The monoisotopic (exact) mass is 222 g/mol. The van der Waals surface area contributed by atoms with E-state index < -0.39 is 0 Å². The molecule has 1 heterocycles. The quantitative estimate of drug-likeness (QED) is 0.613. The van der Waals surface area contributed by atoms with Gasteiger partial charge in [-0.05, 0) is 33.6 Å². The minimum atomic E-state index is 0.766. The highest BCUT2D eigenvalue weighted by Gasteiger charge is 2.15. The largest absolute Gasteiger partial charge is 0.492 e. The molecule has 2 heteroatoms. The van der Waals surface area contributed by atoms with Gasteiger partial charge in [-0.15, -0.1) is 6.42 Å². The number of hydrogen-bond acceptors (Lipinski definition) is 1. The average Bonchev–Trinajstić information content (AvgIpc) is 2.52. The molecule has 0 saturated carbocycles. The van der Waals surface area contributed by atoms with Gasteiger partial charge >= 0.3 is 0 Å². The number of hydrogen-bond donors (Lipinski definition) is 0. The van der Waals surface area contributed by atoms with E-state index >= 15 is 0 Å². The van der Waals surface area contributed by atoms with Crippen LogP contribution in [0.1, 0.15) is 11.1 Å². The fourth-order valence-corrected chi connectivity index (χ4v) is 1.96. The predicted molar refractivity (Wildman–Crippen MR) is 51.3 cm³/mol. The summed E-state index contributed by atoms with van der Waals surface area (Å²) in [5.41, 5.74) is 2.11. The minimum absolute atomic E-state index is 0.766. The molecule has 1 aliphatic rings. The summed E-state index contributed by atoms with van der Waals surface area (Å²) in [6, 6.07) is 3.91. The summed E-state index contributed by atoms with van der Waals surface area (Å²) in [4.78, 5) is 0. The zero-order valence-electron chi connectivity index (χ0n) is 6.43. The summed E-state index contributed by atoms with van der Waals surface area (Å²) in [5.74, 6) is 3.56. The third kappa shape index (κ3) is 1.11. The normalized spacial score (nSPS) is 13.3. The second kappa shape index (κ2) is 2.84. The summed E-state index contributed by atoms with van der Waals surface area (Å²) >= 11 is 3.42. The van der Waals surface area contributed by atoms with Crippen molar-refractivity contribution in [3.63, 3.8) is 0 Å². The van der Waals surface area contributed by atoms with E-state index in [9.17, 15) is 0 Å². The molecule has 0 amide bonds. The molecule has 0 aromatic heterocycles. The highest BCUT2D eigenvalue weighted by Crippen LogP contribution is 2.34. The van der Waals surface area contributed by atoms with Crippen LogP contribution >= 0.6 is 15.9 Å². The molecule has 1 aromatic rings. The summed E-state index contributed by atoms with van der Waals surface area (Å²) < 4.78 is 6.38. The number of ether oxygens (including phenoxy) is 1. The number of fused-ring (bicyclic) bond motifs is 1. The van der Waals surface area contributed by atoms with E-state index in [1.54, 1.807) is 0 Å². The molecule has 0 spiro atoms. The lowest BCUT2D eigenvalue weighted by Crippen LogP contribution is -1.86. The topological polar surface area (TPSA) is 9.23 Å². The van der Waals surface area contributed by atoms with Crippen LogP contribution < -0.4 is 4.74 Å². The van der Waals surface area contributed by atoms with Gasteiger partial charge in [0, 0.05) is 12.0 Å². The van der Waals surface area contributed by atoms with Gasteiger partial charge in [-0.1, -0.05) is 5.92 Å². The van der Waals surface area contributed by atoms with Gasteiger partial charge in [0.05, 0.1) is 11.1 Å². The van der Waals surface area contributed by atoms with Crippen molar-refractivity contribution in [1.29, 1.82) is 0 Å². The molecule has 1 nitrogen and oxygen atoms in total. The van der Waals surface area contributed by atoms with Crippen molar-refractivity contribution < 1.29 is 4.74 Å². The van der Waals surface area contributed by atoms with E-state index in [0.717, 1.165) is 28.8 Å². The lowest BCUT2D eigenvalue weighted by atomic mass is 10.1. The molecular weight excluding hydrogens is 216 g/mol. The maximum absolute atomic E-state index is 5.41. The van der Waals surface area contributed by atoms with Crippen LogP contribution in [0, 0.1) is 12.3 Å². The summed E-state index contributed by atoms with van der Waals surface area (Å²) in [6.07, 6.45) is 6.26. The molecule has 0 saturated heterocycles. The maximum atomic E-state index is 5.41. The molecule has 0 fully saturated rings. The molecule has 12 heavy (non-hydrogen) atoms. The lowest BCUT2D eigenvalue weighted by molar-refractivity contribution is 0.355. The average molecular weight is 223 g/mol. The molecule has 0 aliphatic carbocycles. The Morgan fingerprint density at radius 3 is 3.08 bits per heavy atom. The van der Waals surface area contributed by atoms with E-state index in [0.29, 0.717) is 0 Å². The van der Waals surface area contributed by atoms with Crippen LogP contribution in [0.2, 0.25) is 0 Å². The Morgan fingerprint density at radius 2 is 2.33 bits per heavy atom. The van der Waals surface area contributed by atoms with E-state index in [2.05, 4.69) is 21.9 Å². The standard InChI is InChI=1S/C10H7BrO/c1-2-7-5-8-3-4-12-10(8)9(11)6-7/h1,5-6H,3-4H2. The Balaban J connectivity index is 2.60. The molecule has 0 radical (unpaired) electrons.